The van der Waals surface area contributed by atoms with E-state index in [-0.39, 0.29) is 22.0 Å². The molecule has 0 bridgehead atoms. The normalized spacial score (nSPS) is 12.0. The highest BCUT2D eigenvalue weighted by atomic mass is 32.2. The highest BCUT2D eigenvalue weighted by Gasteiger charge is 2.27. The molecule has 2 N–H and O–H groups in total. The number of nitrogens with zero attached hydrogens (tertiary/aromatic N) is 2. The van der Waals surface area contributed by atoms with E-state index in [9.17, 15) is 17.6 Å². The van der Waals surface area contributed by atoms with E-state index in [1.54, 1.807) is 45.3 Å². The first kappa shape index (κ1) is 21.9. The number of sulfone groups is 1. The molecule has 0 saturated carbocycles. The van der Waals surface area contributed by atoms with Crippen molar-refractivity contribution in [1.82, 2.24) is 20.1 Å². The van der Waals surface area contributed by atoms with Crippen LogP contribution in [0.1, 0.15) is 27.3 Å². The maximum atomic E-state index is 14.4. The molecule has 1 amide bonds. The number of benzene rings is 2. The molecule has 174 valence electrons. The summed E-state index contributed by atoms with van der Waals surface area (Å²) in [4.78, 5) is 13.1. The lowest BCUT2D eigenvalue weighted by atomic mass is 10.1. The Balaban J connectivity index is 1.47. The first-order chi connectivity index (χ1) is 16.2. The van der Waals surface area contributed by atoms with Gasteiger partial charge in [-0.15, -0.1) is 0 Å². The summed E-state index contributed by atoms with van der Waals surface area (Å²) < 4.78 is 48.1. The van der Waals surface area contributed by atoms with E-state index >= 15 is 0 Å². The van der Waals surface area contributed by atoms with E-state index in [4.69, 9.17) is 4.42 Å². The van der Waals surface area contributed by atoms with E-state index in [0.717, 1.165) is 11.1 Å². The number of nitrogens with one attached hydrogen (secondary N) is 2. The molecule has 5 rings (SSSR count). The smallest absolute Gasteiger partial charge is 0.268 e. The van der Waals surface area contributed by atoms with Gasteiger partial charge in [0.25, 0.3) is 5.91 Å². The average Bonchev–Trinajstić information content (AvgIpc) is 3.53. The van der Waals surface area contributed by atoms with Gasteiger partial charge in [0.1, 0.15) is 17.1 Å². The molecule has 0 saturated heterocycles. The summed E-state index contributed by atoms with van der Waals surface area (Å²) in [6.07, 6.45) is 3.02. The van der Waals surface area contributed by atoms with Crippen molar-refractivity contribution in [2.24, 2.45) is 7.05 Å². The molecule has 0 aliphatic rings. The van der Waals surface area contributed by atoms with Gasteiger partial charge < -0.3 is 14.3 Å². The lowest BCUT2D eigenvalue weighted by molar-refractivity contribution is 0.0942. The topological polar surface area (TPSA) is 110 Å². The Bertz CT molecular complexity index is 1690. The van der Waals surface area contributed by atoms with Crippen LogP contribution in [-0.4, -0.2) is 29.1 Å². The summed E-state index contributed by atoms with van der Waals surface area (Å²) >= 11 is 0. The SMILES string of the molecule is Cc1cc(S(=O)(=O)c2cc(C(=O)NCc3c(F)ccc4occc34)n(C)c2C)cc2cn[nH]c12. The van der Waals surface area contributed by atoms with E-state index in [1.165, 1.54) is 29.0 Å². The Morgan fingerprint density at radius 3 is 2.79 bits per heavy atom. The van der Waals surface area contributed by atoms with Gasteiger partial charge in [-0.1, -0.05) is 0 Å². The van der Waals surface area contributed by atoms with Crippen molar-refractivity contribution < 1.29 is 22.0 Å². The van der Waals surface area contributed by atoms with Gasteiger partial charge in [0.05, 0.1) is 27.8 Å². The van der Waals surface area contributed by atoms with Crippen molar-refractivity contribution in [3.8, 4) is 0 Å². The summed E-state index contributed by atoms with van der Waals surface area (Å²) in [7, 11) is -2.29. The number of aryl methyl sites for hydroxylation is 1. The summed E-state index contributed by atoms with van der Waals surface area (Å²) in [6, 6.07) is 8.93. The van der Waals surface area contributed by atoms with Crippen molar-refractivity contribution in [2.45, 2.75) is 30.2 Å². The molecule has 0 radical (unpaired) electrons. The molecule has 10 heteroatoms. The Labute approximate surface area is 194 Å². The second-order valence-corrected chi connectivity index (χ2v) is 10.1. The van der Waals surface area contributed by atoms with Crippen LogP contribution in [0.3, 0.4) is 0 Å². The zero-order valence-electron chi connectivity index (χ0n) is 18.6. The van der Waals surface area contributed by atoms with Gasteiger partial charge in [-0.05, 0) is 55.8 Å². The highest BCUT2D eigenvalue weighted by Crippen LogP contribution is 2.30. The number of carbonyl (C=O) groups is 1. The van der Waals surface area contributed by atoms with Crippen LogP contribution < -0.4 is 5.32 Å². The van der Waals surface area contributed by atoms with Crippen molar-refractivity contribution in [1.29, 1.82) is 0 Å². The second-order valence-electron chi connectivity index (χ2n) is 8.16. The zero-order valence-corrected chi connectivity index (χ0v) is 19.5. The molecule has 2 aromatic carbocycles. The van der Waals surface area contributed by atoms with Gasteiger partial charge in [-0.2, -0.15) is 5.10 Å². The fourth-order valence-corrected chi connectivity index (χ4v) is 5.82. The predicted octanol–water partition coefficient (Wildman–Crippen LogP) is 4.17. The van der Waals surface area contributed by atoms with Gasteiger partial charge in [0.2, 0.25) is 9.84 Å². The molecule has 3 heterocycles. The Morgan fingerprint density at radius 2 is 2.00 bits per heavy atom. The van der Waals surface area contributed by atoms with Crippen LogP contribution in [0.25, 0.3) is 21.9 Å². The van der Waals surface area contributed by atoms with E-state index in [0.29, 0.717) is 27.6 Å². The van der Waals surface area contributed by atoms with E-state index in [1.807, 2.05) is 0 Å². The van der Waals surface area contributed by atoms with E-state index in [2.05, 4.69) is 15.5 Å². The van der Waals surface area contributed by atoms with Crippen LogP contribution in [0, 0.1) is 19.7 Å². The third kappa shape index (κ3) is 3.38. The van der Waals surface area contributed by atoms with Gasteiger partial charge in [-0.25, -0.2) is 12.8 Å². The number of aromatic amines is 1. The van der Waals surface area contributed by atoms with Crippen molar-refractivity contribution in [3.05, 3.63) is 77.2 Å². The number of rotatable bonds is 5. The van der Waals surface area contributed by atoms with E-state index < -0.39 is 21.6 Å². The molecule has 0 aliphatic heterocycles. The monoisotopic (exact) mass is 480 g/mol. The first-order valence-corrected chi connectivity index (χ1v) is 11.9. The maximum Gasteiger partial charge on any atom is 0.268 e. The fourth-order valence-electron chi connectivity index (χ4n) is 4.16. The number of halogens is 1. The summed E-state index contributed by atoms with van der Waals surface area (Å²) in [5.74, 6) is -0.987. The predicted molar refractivity (Wildman–Crippen MR) is 124 cm³/mol. The number of hydrogen-bond donors (Lipinski definition) is 2. The molecule has 0 fully saturated rings. The quantitative estimate of drug-likeness (QED) is 0.392. The Kier molecular flexibility index (Phi) is 5.05. The molecule has 0 aliphatic carbocycles. The number of H-pyrrole nitrogens is 1. The van der Waals surface area contributed by atoms with Crippen molar-refractivity contribution in [3.63, 3.8) is 0 Å². The standard InChI is InChI=1S/C24H21FN4O4S/c1-13-8-16(9-15-11-27-28-23(13)15)34(31,32)22-10-20(29(3)14(22)2)24(30)26-12-18-17-6-7-33-21(17)5-4-19(18)25/h4-11H,12H2,1-3H3,(H,26,30)(H,27,28). The largest absolute Gasteiger partial charge is 0.464 e. The van der Waals surface area contributed by atoms with Crippen LogP contribution in [0.2, 0.25) is 0 Å². The molecule has 34 heavy (non-hydrogen) atoms. The van der Waals surface area contributed by atoms with Crippen LogP contribution in [0.15, 0.2) is 63.1 Å². The summed E-state index contributed by atoms with van der Waals surface area (Å²) in [5, 5.41) is 10.8. The number of amides is 1. The second kappa shape index (κ2) is 7.84. The molecule has 8 nitrogen and oxygen atoms in total. The molecule has 5 aromatic rings. The van der Waals surface area contributed by atoms with Crippen LogP contribution in [0.5, 0.6) is 0 Å². The van der Waals surface area contributed by atoms with Crippen molar-refractivity contribution in [2.75, 3.05) is 0 Å². The lowest BCUT2D eigenvalue weighted by Gasteiger charge is -2.09. The van der Waals surface area contributed by atoms with Crippen molar-refractivity contribution >= 4 is 37.6 Å². The van der Waals surface area contributed by atoms with Crippen LogP contribution >= 0.6 is 0 Å². The van der Waals surface area contributed by atoms with Crippen LogP contribution in [0.4, 0.5) is 4.39 Å². The van der Waals surface area contributed by atoms with Gasteiger partial charge in [-0.3, -0.25) is 9.89 Å². The number of carbonyl (C=O) groups excluding carboxylic acids is 1. The molecular weight excluding hydrogens is 459 g/mol. The minimum atomic E-state index is -3.91. The fraction of sp³-hybridized carbons (Fsp3) is 0.167. The number of aromatic nitrogens is 3. The zero-order chi connectivity index (χ0) is 24.2. The molecular formula is C24H21FN4O4S. The summed E-state index contributed by atoms with van der Waals surface area (Å²) in [5.41, 5.74) is 2.88. The lowest BCUT2D eigenvalue weighted by Crippen LogP contribution is -2.25. The van der Waals surface area contributed by atoms with Crippen LogP contribution in [-0.2, 0) is 23.4 Å². The third-order valence-electron chi connectivity index (χ3n) is 6.16. The molecule has 0 atom stereocenters. The Hall–Kier alpha value is -3.92. The number of fused-ring (bicyclic) bond motifs is 2. The summed E-state index contributed by atoms with van der Waals surface area (Å²) in [6.45, 7) is 3.36. The minimum Gasteiger partial charge on any atom is -0.464 e. The Morgan fingerprint density at radius 1 is 1.21 bits per heavy atom. The molecule has 0 spiro atoms. The molecule has 0 unspecified atom stereocenters. The first-order valence-electron chi connectivity index (χ1n) is 10.5. The molecule has 3 aromatic heterocycles. The number of furan rings is 1. The maximum absolute atomic E-state index is 14.4. The number of hydrogen-bond acceptors (Lipinski definition) is 5. The van der Waals surface area contributed by atoms with Gasteiger partial charge >= 0.3 is 0 Å². The minimum absolute atomic E-state index is 0.0329. The highest BCUT2D eigenvalue weighted by molar-refractivity contribution is 7.91. The third-order valence-corrected chi connectivity index (χ3v) is 8.00. The van der Waals surface area contributed by atoms with Gasteiger partial charge in [0, 0.05) is 35.6 Å². The average molecular weight is 481 g/mol. The van der Waals surface area contributed by atoms with Gasteiger partial charge in [0.15, 0.2) is 0 Å².